The summed E-state index contributed by atoms with van der Waals surface area (Å²) in [4.78, 5) is 15.9. The number of hydrogen-bond donors (Lipinski definition) is 2. The molecule has 2 aromatic rings. The summed E-state index contributed by atoms with van der Waals surface area (Å²) < 4.78 is 13.4. The van der Waals surface area contributed by atoms with Crippen LogP contribution in [0.2, 0.25) is 0 Å². The maximum Gasteiger partial charge on any atom is 0.274 e. The number of amides is 1. The van der Waals surface area contributed by atoms with E-state index in [2.05, 4.69) is 22.1 Å². The van der Waals surface area contributed by atoms with Crippen molar-refractivity contribution in [2.45, 2.75) is 0 Å². The van der Waals surface area contributed by atoms with Gasteiger partial charge in [0.25, 0.3) is 5.91 Å². The second kappa shape index (κ2) is 6.45. The van der Waals surface area contributed by atoms with Crippen LogP contribution < -0.4 is 11.1 Å². The molecule has 1 aromatic heterocycles. The molecule has 20 heavy (non-hydrogen) atoms. The average molecular weight is 269 g/mol. The van der Waals surface area contributed by atoms with Gasteiger partial charge in [0.2, 0.25) is 0 Å². The van der Waals surface area contributed by atoms with Crippen LogP contribution in [0.25, 0.3) is 0 Å². The van der Waals surface area contributed by atoms with Gasteiger partial charge in [0.1, 0.15) is 11.5 Å². The lowest BCUT2D eigenvalue weighted by molar-refractivity contribution is 0.102. The van der Waals surface area contributed by atoms with Gasteiger partial charge >= 0.3 is 0 Å². The van der Waals surface area contributed by atoms with Crippen LogP contribution in [0.1, 0.15) is 16.1 Å². The van der Waals surface area contributed by atoms with Gasteiger partial charge in [-0.1, -0.05) is 24.0 Å². The fraction of sp³-hybridized carbons (Fsp3) is 0.0667. The Kier molecular flexibility index (Phi) is 4.43. The summed E-state index contributed by atoms with van der Waals surface area (Å²) in [5.74, 6) is 4.52. The Labute approximate surface area is 115 Å². The fourth-order valence-corrected chi connectivity index (χ4v) is 1.50. The van der Waals surface area contributed by atoms with Crippen molar-refractivity contribution in [1.82, 2.24) is 4.98 Å². The summed E-state index contributed by atoms with van der Waals surface area (Å²) in [5.41, 5.74) is 6.23. The number of aromatic nitrogens is 1. The van der Waals surface area contributed by atoms with Crippen LogP contribution >= 0.6 is 0 Å². The van der Waals surface area contributed by atoms with Crippen LogP contribution in [-0.4, -0.2) is 17.4 Å². The quantitative estimate of drug-likeness (QED) is 0.817. The minimum atomic E-state index is -0.494. The SMILES string of the molecule is NCC#Cc1ccc(C(=O)Nc2ccccc2F)nc1. The number of rotatable bonds is 2. The highest BCUT2D eigenvalue weighted by Gasteiger charge is 2.09. The fourth-order valence-electron chi connectivity index (χ4n) is 1.50. The molecule has 0 saturated heterocycles. The van der Waals surface area contributed by atoms with Crippen molar-refractivity contribution in [3.05, 3.63) is 59.7 Å². The second-order valence-corrected chi connectivity index (χ2v) is 3.87. The first-order chi connectivity index (χ1) is 9.70. The molecule has 0 radical (unpaired) electrons. The number of carbonyl (C=O) groups is 1. The Morgan fingerprint density at radius 2 is 2.10 bits per heavy atom. The minimum absolute atomic E-state index is 0.117. The van der Waals surface area contributed by atoms with E-state index in [4.69, 9.17) is 5.73 Å². The molecule has 1 heterocycles. The number of nitrogens with zero attached hydrogens (tertiary/aromatic N) is 1. The monoisotopic (exact) mass is 269 g/mol. The third-order valence-electron chi connectivity index (χ3n) is 2.45. The third-order valence-corrected chi connectivity index (χ3v) is 2.45. The number of carbonyl (C=O) groups excluding carboxylic acids is 1. The van der Waals surface area contributed by atoms with Crippen LogP contribution in [0.3, 0.4) is 0 Å². The maximum absolute atomic E-state index is 13.4. The second-order valence-electron chi connectivity index (χ2n) is 3.87. The van der Waals surface area contributed by atoms with E-state index < -0.39 is 11.7 Å². The Morgan fingerprint density at radius 3 is 2.75 bits per heavy atom. The first-order valence-electron chi connectivity index (χ1n) is 5.91. The van der Waals surface area contributed by atoms with Gasteiger partial charge in [0.15, 0.2) is 0 Å². The third kappa shape index (κ3) is 3.40. The van der Waals surface area contributed by atoms with Crippen LogP contribution in [0.5, 0.6) is 0 Å². The Balaban J connectivity index is 2.12. The van der Waals surface area contributed by atoms with Crippen LogP contribution in [-0.2, 0) is 0 Å². The number of halogens is 1. The average Bonchev–Trinajstić information content (AvgIpc) is 2.48. The van der Waals surface area contributed by atoms with E-state index in [1.165, 1.54) is 24.4 Å². The first kappa shape index (κ1) is 13.7. The van der Waals surface area contributed by atoms with Gasteiger partial charge in [-0.15, -0.1) is 0 Å². The van der Waals surface area contributed by atoms with Crippen molar-refractivity contribution in [3.8, 4) is 11.8 Å². The number of nitrogens with two attached hydrogens (primary N) is 1. The molecule has 0 bridgehead atoms. The maximum atomic E-state index is 13.4. The normalized spacial score (nSPS) is 9.50. The summed E-state index contributed by atoms with van der Waals surface area (Å²) >= 11 is 0. The first-order valence-corrected chi connectivity index (χ1v) is 5.91. The molecule has 0 aliphatic carbocycles. The summed E-state index contributed by atoms with van der Waals surface area (Å²) in [6, 6.07) is 9.12. The van der Waals surface area contributed by atoms with Crippen LogP contribution in [0.4, 0.5) is 10.1 Å². The lowest BCUT2D eigenvalue weighted by Crippen LogP contribution is -2.14. The van der Waals surface area contributed by atoms with Crippen molar-refractivity contribution in [1.29, 1.82) is 0 Å². The van der Waals surface area contributed by atoms with Gasteiger partial charge in [-0.05, 0) is 24.3 Å². The molecular weight excluding hydrogens is 257 g/mol. The van der Waals surface area contributed by atoms with Gasteiger partial charge in [-0.2, -0.15) is 0 Å². The van der Waals surface area contributed by atoms with E-state index in [-0.39, 0.29) is 17.9 Å². The smallest absolute Gasteiger partial charge is 0.274 e. The predicted molar refractivity (Wildman–Crippen MR) is 74.5 cm³/mol. The molecule has 1 amide bonds. The van der Waals surface area contributed by atoms with Crippen LogP contribution in [0, 0.1) is 17.7 Å². The predicted octanol–water partition coefficient (Wildman–Crippen LogP) is 1.78. The molecule has 0 unspecified atom stereocenters. The lowest BCUT2D eigenvalue weighted by atomic mass is 10.2. The lowest BCUT2D eigenvalue weighted by Gasteiger charge is -2.05. The van der Waals surface area contributed by atoms with Gasteiger partial charge < -0.3 is 11.1 Å². The summed E-state index contributed by atoms with van der Waals surface area (Å²) in [5, 5.41) is 2.46. The summed E-state index contributed by atoms with van der Waals surface area (Å²) in [6.45, 7) is 0.259. The highest BCUT2D eigenvalue weighted by atomic mass is 19.1. The zero-order chi connectivity index (χ0) is 14.4. The number of anilines is 1. The van der Waals surface area contributed by atoms with Crippen molar-refractivity contribution < 1.29 is 9.18 Å². The minimum Gasteiger partial charge on any atom is -0.320 e. The number of hydrogen-bond acceptors (Lipinski definition) is 3. The molecule has 2 rings (SSSR count). The molecule has 100 valence electrons. The molecule has 4 nitrogen and oxygen atoms in total. The highest BCUT2D eigenvalue weighted by molar-refractivity contribution is 6.02. The van der Waals surface area contributed by atoms with Crippen molar-refractivity contribution >= 4 is 11.6 Å². The number of benzene rings is 1. The number of pyridine rings is 1. The molecule has 0 saturated carbocycles. The zero-order valence-electron chi connectivity index (χ0n) is 10.6. The van der Waals surface area contributed by atoms with E-state index in [1.54, 1.807) is 18.2 Å². The van der Waals surface area contributed by atoms with Gasteiger partial charge in [0.05, 0.1) is 12.2 Å². The molecule has 5 heteroatoms. The Hall–Kier alpha value is -2.71. The van der Waals surface area contributed by atoms with Crippen LogP contribution in [0.15, 0.2) is 42.6 Å². The molecule has 3 N–H and O–H groups in total. The van der Waals surface area contributed by atoms with Gasteiger partial charge in [-0.25, -0.2) is 9.37 Å². The van der Waals surface area contributed by atoms with Crippen molar-refractivity contribution in [2.75, 3.05) is 11.9 Å². The Morgan fingerprint density at radius 1 is 1.30 bits per heavy atom. The molecule has 0 aliphatic heterocycles. The summed E-state index contributed by atoms with van der Waals surface area (Å²) in [7, 11) is 0. The highest BCUT2D eigenvalue weighted by Crippen LogP contribution is 2.13. The van der Waals surface area contributed by atoms with E-state index in [0.717, 1.165) is 0 Å². The molecule has 0 spiro atoms. The van der Waals surface area contributed by atoms with E-state index >= 15 is 0 Å². The summed E-state index contributed by atoms with van der Waals surface area (Å²) in [6.07, 6.45) is 1.47. The van der Waals surface area contributed by atoms with Gasteiger partial charge in [0, 0.05) is 11.8 Å². The van der Waals surface area contributed by atoms with E-state index in [0.29, 0.717) is 5.56 Å². The van der Waals surface area contributed by atoms with E-state index in [9.17, 15) is 9.18 Å². The molecular formula is C15H12FN3O. The molecule has 0 fully saturated rings. The van der Waals surface area contributed by atoms with Crippen molar-refractivity contribution in [2.24, 2.45) is 5.73 Å². The molecule has 0 aliphatic rings. The standard InChI is InChI=1S/C15H12FN3O/c16-12-5-1-2-6-13(12)19-15(20)14-8-7-11(10-18-14)4-3-9-17/h1-2,5-8,10H,9,17H2,(H,19,20). The topological polar surface area (TPSA) is 68.0 Å². The number of para-hydroxylation sites is 1. The van der Waals surface area contributed by atoms with E-state index in [1.807, 2.05) is 0 Å². The molecule has 0 atom stereocenters. The largest absolute Gasteiger partial charge is 0.320 e. The Bertz CT molecular complexity index is 672. The van der Waals surface area contributed by atoms with Crippen molar-refractivity contribution in [3.63, 3.8) is 0 Å². The molecule has 1 aromatic carbocycles. The van der Waals surface area contributed by atoms with Gasteiger partial charge in [-0.3, -0.25) is 4.79 Å². The number of nitrogens with one attached hydrogen (secondary N) is 1. The zero-order valence-corrected chi connectivity index (χ0v) is 10.6.